The van der Waals surface area contributed by atoms with Gasteiger partial charge in [-0.05, 0) is 38.3 Å². The molecule has 1 aliphatic carbocycles. The van der Waals surface area contributed by atoms with Gasteiger partial charge in [-0.1, -0.05) is 49.8 Å². The lowest BCUT2D eigenvalue weighted by Gasteiger charge is -2.21. The van der Waals surface area contributed by atoms with Crippen LogP contribution in [0.4, 0.5) is 0 Å². The standard InChI is InChI=1S/C18H27NO3S/c1-14-10-11-17(15(2)12-14)23(21,22)13-18(20)19-16-8-6-4-3-5-7-9-16/h10-12,16H,3-9,13H2,1-2H3,(H,19,20). The van der Waals surface area contributed by atoms with Crippen LogP contribution in [0.3, 0.4) is 0 Å². The third-order valence-electron chi connectivity index (χ3n) is 4.46. The molecule has 0 aliphatic heterocycles. The van der Waals surface area contributed by atoms with Crippen LogP contribution in [0.2, 0.25) is 0 Å². The Morgan fingerprint density at radius 3 is 2.30 bits per heavy atom. The number of sulfone groups is 1. The highest BCUT2D eigenvalue weighted by molar-refractivity contribution is 7.92. The molecule has 0 atom stereocenters. The van der Waals surface area contributed by atoms with Gasteiger partial charge >= 0.3 is 0 Å². The Kier molecular flexibility index (Phi) is 6.22. The summed E-state index contributed by atoms with van der Waals surface area (Å²) < 4.78 is 25.0. The quantitative estimate of drug-likeness (QED) is 0.917. The second-order valence-electron chi connectivity index (χ2n) is 6.64. The van der Waals surface area contributed by atoms with E-state index in [1.54, 1.807) is 19.1 Å². The lowest BCUT2D eigenvalue weighted by atomic mass is 9.97. The van der Waals surface area contributed by atoms with Gasteiger partial charge in [-0.25, -0.2) is 8.42 Å². The molecule has 1 N–H and O–H groups in total. The third kappa shape index (κ3) is 5.34. The van der Waals surface area contributed by atoms with Gasteiger partial charge in [0.1, 0.15) is 5.75 Å². The number of nitrogens with one attached hydrogen (secondary N) is 1. The van der Waals surface area contributed by atoms with E-state index < -0.39 is 15.6 Å². The number of hydrogen-bond donors (Lipinski definition) is 1. The van der Waals surface area contributed by atoms with E-state index in [-0.39, 0.29) is 16.8 Å². The fraction of sp³-hybridized carbons (Fsp3) is 0.611. The van der Waals surface area contributed by atoms with Crippen LogP contribution in [0.25, 0.3) is 0 Å². The molecule has 4 nitrogen and oxygen atoms in total. The minimum Gasteiger partial charge on any atom is -0.352 e. The maximum absolute atomic E-state index is 12.5. The average molecular weight is 337 g/mol. The van der Waals surface area contributed by atoms with Gasteiger partial charge < -0.3 is 5.32 Å². The van der Waals surface area contributed by atoms with Crippen LogP contribution < -0.4 is 5.32 Å². The summed E-state index contributed by atoms with van der Waals surface area (Å²) in [7, 11) is -3.59. The SMILES string of the molecule is Cc1ccc(S(=O)(=O)CC(=O)NC2CCCCCCC2)c(C)c1. The van der Waals surface area contributed by atoms with Crippen LogP contribution in [0.15, 0.2) is 23.1 Å². The fourth-order valence-corrected chi connectivity index (χ4v) is 4.68. The Morgan fingerprint density at radius 1 is 1.09 bits per heavy atom. The lowest BCUT2D eigenvalue weighted by molar-refractivity contribution is -0.119. The van der Waals surface area contributed by atoms with Crippen LogP contribution in [0.1, 0.15) is 56.1 Å². The van der Waals surface area contributed by atoms with Crippen molar-refractivity contribution in [1.29, 1.82) is 0 Å². The summed E-state index contributed by atoms with van der Waals surface area (Å²) >= 11 is 0. The average Bonchev–Trinajstić information content (AvgIpc) is 2.40. The summed E-state index contributed by atoms with van der Waals surface area (Å²) in [6.07, 6.45) is 7.79. The molecule has 0 radical (unpaired) electrons. The largest absolute Gasteiger partial charge is 0.352 e. The highest BCUT2D eigenvalue weighted by Crippen LogP contribution is 2.19. The van der Waals surface area contributed by atoms with Crippen LogP contribution in [-0.2, 0) is 14.6 Å². The molecule has 1 saturated carbocycles. The Balaban J connectivity index is 2.00. The van der Waals surface area contributed by atoms with E-state index >= 15 is 0 Å². The van der Waals surface area contributed by atoms with Gasteiger partial charge in [0.15, 0.2) is 9.84 Å². The fourth-order valence-electron chi connectivity index (χ4n) is 3.27. The maximum atomic E-state index is 12.5. The molecular weight excluding hydrogens is 310 g/mol. The zero-order chi connectivity index (χ0) is 16.9. The van der Waals surface area contributed by atoms with Crippen LogP contribution in [0.5, 0.6) is 0 Å². The molecule has 1 aromatic carbocycles. The molecule has 2 rings (SSSR count). The van der Waals surface area contributed by atoms with Crippen LogP contribution in [0, 0.1) is 13.8 Å². The van der Waals surface area contributed by atoms with E-state index in [4.69, 9.17) is 0 Å². The van der Waals surface area contributed by atoms with Crippen molar-refractivity contribution in [3.05, 3.63) is 29.3 Å². The Labute approximate surface area is 139 Å². The van der Waals surface area contributed by atoms with E-state index in [2.05, 4.69) is 5.32 Å². The summed E-state index contributed by atoms with van der Waals surface area (Å²) in [6, 6.07) is 5.33. The first-order valence-corrected chi connectivity index (χ1v) is 10.1. The number of rotatable bonds is 4. The molecule has 1 aliphatic rings. The minimum absolute atomic E-state index is 0.122. The number of hydrogen-bond acceptors (Lipinski definition) is 3. The molecule has 0 spiro atoms. The van der Waals surface area contributed by atoms with Crippen molar-refractivity contribution >= 4 is 15.7 Å². The van der Waals surface area contributed by atoms with E-state index in [9.17, 15) is 13.2 Å². The number of carbonyl (C=O) groups is 1. The topological polar surface area (TPSA) is 63.2 Å². The molecule has 0 unspecified atom stereocenters. The molecule has 5 heteroatoms. The van der Waals surface area contributed by atoms with Gasteiger partial charge in [0.25, 0.3) is 0 Å². The van der Waals surface area contributed by atoms with Gasteiger partial charge in [0, 0.05) is 6.04 Å². The second-order valence-corrected chi connectivity index (χ2v) is 8.60. The summed E-state index contributed by atoms with van der Waals surface area (Å²) in [5.74, 6) is -0.844. The van der Waals surface area contributed by atoms with Crippen molar-refractivity contribution in [3.8, 4) is 0 Å². The van der Waals surface area contributed by atoms with Gasteiger partial charge in [-0.3, -0.25) is 4.79 Å². The van der Waals surface area contributed by atoms with E-state index in [1.165, 1.54) is 19.3 Å². The normalized spacial score (nSPS) is 17.3. The Bertz CT molecular complexity index is 644. The number of carbonyl (C=O) groups excluding carboxylic acids is 1. The molecule has 23 heavy (non-hydrogen) atoms. The molecule has 128 valence electrons. The molecule has 1 amide bonds. The van der Waals surface area contributed by atoms with Crippen molar-refractivity contribution in [2.45, 2.75) is 69.7 Å². The summed E-state index contributed by atoms with van der Waals surface area (Å²) in [5.41, 5.74) is 1.71. The summed E-state index contributed by atoms with van der Waals surface area (Å²) in [5, 5.41) is 2.93. The van der Waals surface area contributed by atoms with Crippen molar-refractivity contribution in [1.82, 2.24) is 5.32 Å². The predicted molar refractivity (Wildman–Crippen MR) is 92.2 cm³/mol. The Hall–Kier alpha value is -1.36. The lowest BCUT2D eigenvalue weighted by Crippen LogP contribution is -2.38. The predicted octanol–water partition coefficient (Wildman–Crippen LogP) is 3.31. The number of amides is 1. The molecule has 1 fully saturated rings. The highest BCUT2D eigenvalue weighted by Gasteiger charge is 2.23. The van der Waals surface area contributed by atoms with Gasteiger partial charge in [-0.2, -0.15) is 0 Å². The van der Waals surface area contributed by atoms with Gasteiger partial charge in [-0.15, -0.1) is 0 Å². The first-order valence-electron chi connectivity index (χ1n) is 8.48. The van der Waals surface area contributed by atoms with Crippen LogP contribution in [-0.4, -0.2) is 26.1 Å². The summed E-state index contributed by atoms with van der Waals surface area (Å²) in [6.45, 7) is 3.69. The van der Waals surface area contributed by atoms with Gasteiger partial charge in [0.2, 0.25) is 5.91 Å². The highest BCUT2D eigenvalue weighted by atomic mass is 32.2. The number of aryl methyl sites for hydroxylation is 2. The van der Waals surface area contributed by atoms with E-state index in [0.717, 1.165) is 31.2 Å². The zero-order valence-corrected chi connectivity index (χ0v) is 14.9. The first kappa shape index (κ1) is 18.0. The minimum atomic E-state index is -3.59. The molecule has 1 aromatic rings. The first-order chi connectivity index (χ1) is 10.9. The number of benzene rings is 1. The van der Waals surface area contributed by atoms with Gasteiger partial charge in [0.05, 0.1) is 4.90 Å². The molecular formula is C18H27NO3S. The molecule has 0 bridgehead atoms. The molecule has 0 heterocycles. The van der Waals surface area contributed by atoms with E-state index in [0.29, 0.717) is 5.56 Å². The van der Waals surface area contributed by atoms with Crippen LogP contribution >= 0.6 is 0 Å². The van der Waals surface area contributed by atoms with Crippen molar-refractivity contribution in [2.75, 3.05) is 5.75 Å². The molecule has 0 aromatic heterocycles. The van der Waals surface area contributed by atoms with Crippen molar-refractivity contribution in [3.63, 3.8) is 0 Å². The maximum Gasteiger partial charge on any atom is 0.235 e. The monoisotopic (exact) mass is 337 g/mol. The van der Waals surface area contributed by atoms with Crippen molar-refractivity contribution < 1.29 is 13.2 Å². The zero-order valence-electron chi connectivity index (χ0n) is 14.1. The van der Waals surface area contributed by atoms with E-state index in [1.807, 2.05) is 13.0 Å². The second kappa shape index (κ2) is 7.95. The summed E-state index contributed by atoms with van der Waals surface area (Å²) in [4.78, 5) is 12.4. The Morgan fingerprint density at radius 2 is 1.70 bits per heavy atom. The molecule has 0 saturated heterocycles. The smallest absolute Gasteiger partial charge is 0.235 e. The third-order valence-corrected chi connectivity index (χ3v) is 6.23. The van der Waals surface area contributed by atoms with Crippen molar-refractivity contribution in [2.24, 2.45) is 0 Å².